The molecule has 0 aliphatic rings. The van der Waals surface area contributed by atoms with Gasteiger partial charge in [0.2, 0.25) is 0 Å². The zero-order valence-corrected chi connectivity index (χ0v) is 5.98. The summed E-state index contributed by atoms with van der Waals surface area (Å²) < 4.78 is 22.7. The Morgan fingerprint density at radius 1 is 1.60 bits per heavy atom. The van der Waals surface area contributed by atoms with E-state index in [9.17, 15) is 8.78 Å². The average molecular weight is 150 g/mol. The van der Waals surface area contributed by atoms with Crippen molar-refractivity contribution >= 4 is 0 Å². The quantitative estimate of drug-likeness (QED) is 0.610. The summed E-state index contributed by atoms with van der Waals surface area (Å²) in [7, 11) is 0. The number of hydrogen-bond acceptors (Lipinski definition) is 1. The second kappa shape index (κ2) is 5.35. The second-order valence-electron chi connectivity index (χ2n) is 2.27. The molecule has 0 rings (SSSR count). The predicted molar refractivity (Wildman–Crippen MR) is 35.8 cm³/mol. The molecule has 3 heteroatoms. The number of hydrogen-bond donors (Lipinski definition) is 1. The van der Waals surface area contributed by atoms with Gasteiger partial charge in [-0.05, 0) is 32.3 Å². The van der Waals surface area contributed by atoms with Crippen molar-refractivity contribution < 1.29 is 13.9 Å². The molecular weight excluding hydrogens is 138 g/mol. The summed E-state index contributed by atoms with van der Waals surface area (Å²) in [5, 5.41) is 8.71. The van der Waals surface area contributed by atoms with Gasteiger partial charge in [-0.25, -0.2) is 0 Å². The van der Waals surface area contributed by atoms with Gasteiger partial charge in [-0.15, -0.1) is 0 Å². The standard InChI is InChI=1S/C7H12F2O/c1-6(10)4-2-3-5-7(8)9/h5-6,10H,2-4H2,1H3. The fraction of sp³-hybridized carbons (Fsp3) is 0.714. The van der Waals surface area contributed by atoms with Gasteiger partial charge in [0.05, 0.1) is 6.10 Å². The first-order valence-corrected chi connectivity index (χ1v) is 3.32. The zero-order chi connectivity index (χ0) is 7.98. The minimum absolute atomic E-state index is 0.354. The van der Waals surface area contributed by atoms with Crippen LogP contribution in [-0.2, 0) is 0 Å². The van der Waals surface area contributed by atoms with E-state index in [0.717, 1.165) is 6.08 Å². The van der Waals surface area contributed by atoms with Gasteiger partial charge < -0.3 is 5.11 Å². The van der Waals surface area contributed by atoms with Gasteiger partial charge in [-0.3, -0.25) is 0 Å². The highest BCUT2D eigenvalue weighted by molar-refractivity contribution is 4.79. The third kappa shape index (κ3) is 7.56. The molecule has 0 bridgehead atoms. The van der Waals surface area contributed by atoms with Gasteiger partial charge in [-0.1, -0.05) is 0 Å². The summed E-state index contributed by atoms with van der Waals surface area (Å²) in [5.74, 6) is 0. The van der Waals surface area contributed by atoms with Gasteiger partial charge in [0.25, 0.3) is 6.08 Å². The Kier molecular flexibility index (Phi) is 5.12. The van der Waals surface area contributed by atoms with E-state index in [1.54, 1.807) is 6.92 Å². The van der Waals surface area contributed by atoms with Crippen LogP contribution in [-0.4, -0.2) is 11.2 Å². The van der Waals surface area contributed by atoms with E-state index in [1.807, 2.05) is 0 Å². The maximum absolute atomic E-state index is 11.4. The third-order valence-electron chi connectivity index (χ3n) is 1.12. The summed E-state index contributed by atoms with van der Waals surface area (Å²) in [6.07, 6.45) is 0.427. The summed E-state index contributed by atoms with van der Waals surface area (Å²) in [6, 6.07) is 0. The van der Waals surface area contributed by atoms with Crippen LogP contribution in [0.1, 0.15) is 26.2 Å². The van der Waals surface area contributed by atoms with Crippen LogP contribution in [0.5, 0.6) is 0 Å². The molecule has 0 aliphatic heterocycles. The molecule has 0 amide bonds. The predicted octanol–water partition coefficient (Wildman–Crippen LogP) is 2.32. The Balaban J connectivity index is 3.13. The van der Waals surface area contributed by atoms with Crippen molar-refractivity contribution in [3.63, 3.8) is 0 Å². The van der Waals surface area contributed by atoms with Crippen LogP contribution in [0.4, 0.5) is 8.78 Å². The summed E-state index contributed by atoms with van der Waals surface area (Å²) in [5.41, 5.74) is 0. The van der Waals surface area contributed by atoms with Crippen LogP contribution in [0.2, 0.25) is 0 Å². The van der Waals surface area contributed by atoms with E-state index in [2.05, 4.69) is 0 Å². The van der Waals surface area contributed by atoms with Crippen molar-refractivity contribution in [3.8, 4) is 0 Å². The highest BCUT2D eigenvalue weighted by Crippen LogP contribution is 2.05. The van der Waals surface area contributed by atoms with E-state index < -0.39 is 6.08 Å². The number of unbranched alkanes of at least 4 members (excludes halogenated alkanes) is 1. The molecule has 0 aromatic rings. The SMILES string of the molecule is CC(O)CCCC=C(F)F. The Bertz CT molecular complexity index is 106. The zero-order valence-electron chi connectivity index (χ0n) is 5.98. The molecular formula is C7H12F2O. The first-order chi connectivity index (χ1) is 4.63. The van der Waals surface area contributed by atoms with Crippen molar-refractivity contribution in [1.82, 2.24) is 0 Å². The molecule has 0 aromatic carbocycles. The summed E-state index contributed by atoms with van der Waals surface area (Å²) in [6.45, 7) is 1.65. The lowest BCUT2D eigenvalue weighted by Crippen LogP contribution is -1.97. The molecule has 1 atom stereocenters. The van der Waals surface area contributed by atoms with E-state index >= 15 is 0 Å². The molecule has 0 aromatic heterocycles. The molecule has 60 valence electrons. The van der Waals surface area contributed by atoms with Crippen molar-refractivity contribution in [2.45, 2.75) is 32.3 Å². The lowest BCUT2D eigenvalue weighted by Gasteiger charge is -1.99. The van der Waals surface area contributed by atoms with Crippen molar-refractivity contribution in [2.24, 2.45) is 0 Å². The minimum Gasteiger partial charge on any atom is -0.393 e. The van der Waals surface area contributed by atoms with Crippen molar-refractivity contribution in [1.29, 1.82) is 0 Å². The minimum atomic E-state index is -1.63. The van der Waals surface area contributed by atoms with Gasteiger partial charge in [-0.2, -0.15) is 8.78 Å². The molecule has 0 spiro atoms. The van der Waals surface area contributed by atoms with E-state index in [-0.39, 0.29) is 6.10 Å². The number of aliphatic hydroxyl groups is 1. The smallest absolute Gasteiger partial charge is 0.266 e. The summed E-state index contributed by atoms with van der Waals surface area (Å²) >= 11 is 0. The monoisotopic (exact) mass is 150 g/mol. The number of rotatable bonds is 4. The van der Waals surface area contributed by atoms with Gasteiger partial charge in [0.1, 0.15) is 0 Å². The van der Waals surface area contributed by atoms with Crippen molar-refractivity contribution in [3.05, 3.63) is 12.2 Å². The molecule has 0 aliphatic carbocycles. The van der Waals surface area contributed by atoms with E-state index in [4.69, 9.17) is 5.11 Å². The highest BCUT2D eigenvalue weighted by atomic mass is 19.3. The molecule has 0 radical (unpaired) electrons. The second-order valence-corrected chi connectivity index (χ2v) is 2.27. The molecule has 0 saturated heterocycles. The van der Waals surface area contributed by atoms with Crippen LogP contribution >= 0.6 is 0 Å². The largest absolute Gasteiger partial charge is 0.393 e. The van der Waals surface area contributed by atoms with Crippen LogP contribution in [0.25, 0.3) is 0 Å². The lowest BCUT2D eigenvalue weighted by atomic mass is 10.2. The molecule has 1 N–H and O–H groups in total. The third-order valence-corrected chi connectivity index (χ3v) is 1.12. The number of halogens is 2. The average Bonchev–Trinajstić information content (AvgIpc) is 1.79. The maximum Gasteiger partial charge on any atom is 0.266 e. The first kappa shape index (κ1) is 9.56. The normalized spacial score (nSPS) is 12.8. The summed E-state index contributed by atoms with van der Waals surface area (Å²) in [4.78, 5) is 0. The fourth-order valence-corrected chi connectivity index (χ4v) is 0.624. The van der Waals surface area contributed by atoms with Gasteiger partial charge >= 0.3 is 0 Å². The molecule has 0 fully saturated rings. The van der Waals surface area contributed by atoms with Crippen LogP contribution in [0.15, 0.2) is 12.2 Å². The van der Waals surface area contributed by atoms with Gasteiger partial charge in [0.15, 0.2) is 0 Å². The Labute approximate surface area is 59.4 Å². The number of allylic oxidation sites excluding steroid dienone is 1. The van der Waals surface area contributed by atoms with Crippen LogP contribution in [0.3, 0.4) is 0 Å². The molecule has 1 unspecified atom stereocenters. The maximum atomic E-state index is 11.4. The Hall–Kier alpha value is -0.440. The molecule has 1 nitrogen and oxygen atoms in total. The highest BCUT2D eigenvalue weighted by Gasteiger charge is 1.94. The molecule has 0 saturated carbocycles. The van der Waals surface area contributed by atoms with Crippen LogP contribution in [0, 0.1) is 0 Å². The van der Waals surface area contributed by atoms with Crippen molar-refractivity contribution in [2.75, 3.05) is 0 Å². The molecule has 0 heterocycles. The lowest BCUT2D eigenvalue weighted by molar-refractivity contribution is 0.182. The first-order valence-electron chi connectivity index (χ1n) is 3.32. The van der Waals surface area contributed by atoms with Gasteiger partial charge in [0, 0.05) is 0 Å². The number of aliphatic hydroxyl groups excluding tert-OH is 1. The van der Waals surface area contributed by atoms with Crippen LogP contribution < -0.4 is 0 Å². The van der Waals surface area contributed by atoms with E-state index in [1.165, 1.54) is 0 Å². The Morgan fingerprint density at radius 2 is 2.20 bits per heavy atom. The van der Waals surface area contributed by atoms with E-state index in [0.29, 0.717) is 19.3 Å². The topological polar surface area (TPSA) is 20.2 Å². The fourth-order valence-electron chi connectivity index (χ4n) is 0.624. The molecule has 10 heavy (non-hydrogen) atoms. The Morgan fingerprint density at radius 3 is 2.60 bits per heavy atom.